The average molecular weight is 339 g/mol. The molecule has 0 unspecified atom stereocenters. The molecule has 1 heterocycles. The Balaban J connectivity index is 1.95. The summed E-state index contributed by atoms with van der Waals surface area (Å²) in [6.07, 6.45) is 0. The second-order valence-corrected chi connectivity index (χ2v) is 5.25. The molecule has 0 aliphatic rings. The average Bonchev–Trinajstić information content (AvgIpc) is 2.61. The molecule has 1 N–H and O–H groups in total. The maximum Gasteiger partial charge on any atom is 0.337 e. The highest BCUT2D eigenvalue weighted by molar-refractivity contribution is 6.12. The number of amides is 1. The van der Waals surface area contributed by atoms with E-state index in [2.05, 4.69) is 5.32 Å². The standard InChI is InChI=1S/C19H17NO5/c1-3-24-14-8-9-15-16(11-18(21)25-17(15)10-14)19(22)20-12-4-6-13(23-2)7-5-12/h4-11H,3H2,1-2H3,(H,20,22). The van der Waals surface area contributed by atoms with E-state index in [1.807, 2.05) is 6.92 Å². The first-order chi connectivity index (χ1) is 12.1. The lowest BCUT2D eigenvalue weighted by molar-refractivity contribution is 0.102. The van der Waals surface area contributed by atoms with Crippen molar-refractivity contribution in [2.45, 2.75) is 6.92 Å². The molecular weight excluding hydrogens is 322 g/mol. The zero-order valence-corrected chi connectivity index (χ0v) is 13.9. The minimum Gasteiger partial charge on any atom is -0.497 e. The molecule has 0 fully saturated rings. The monoisotopic (exact) mass is 339 g/mol. The second kappa shape index (κ2) is 7.09. The molecule has 1 amide bonds. The summed E-state index contributed by atoms with van der Waals surface area (Å²) in [5.74, 6) is 0.866. The molecule has 1 aromatic heterocycles. The predicted octanol–water partition coefficient (Wildman–Crippen LogP) is 3.45. The van der Waals surface area contributed by atoms with Crippen molar-refractivity contribution >= 4 is 22.6 Å². The number of hydrogen-bond acceptors (Lipinski definition) is 5. The second-order valence-electron chi connectivity index (χ2n) is 5.25. The molecule has 6 nitrogen and oxygen atoms in total. The fourth-order valence-corrected chi connectivity index (χ4v) is 2.46. The van der Waals surface area contributed by atoms with Crippen LogP contribution in [0.3, 0.4) is 0 Å². The van der Waals surface area contributed by atoms with Gasteiger partial charge in [-0.1, -0.05) is 0 Å². The van der Waals surface area contributed by atoms with Crippen LogP contribution in [0.5, 0.6) is 11.5 Å². The molecule has 2 aromatic carbocycles. The number of carbonyl (C=O) groups excluding carboxylic acids is 1. The highest BCUT2D eigenvalue weighted by atomic mass is 16.5. The number of fused-ring (bicyclic) bond motifs is 1. The van der Waals surface area contributed by atoms with Crippen LogP contribution in [0.4, 0.5) is 5.69 Å². The minimum atomic E-state index is -0.596. The van der Waals surface area contributed by atoms with Gasteiger partial charge in [0.05, 0.1) is 19.3 Å². The van der Waals surface area contributed by atoms with E-state index in [9.17, 15) is 9.59 Å². The molecule has 3 aromatic rings. The SMILES string of the molecule is CCOc1ccc2c(C(=O)Nc3ccc(OC)cc3)cc(=O)oc2c1. The van der Waals surface area contributed by atoms with Crippen molar-refractivity contribution in [3.63, 3.8) is 0 Å². The Bertz CT molecular complexity index is 960. The van der Waals surface area contributed by atoms with E-state index in [1.165, 1.54) is 6.07 Å². The van der Waals surface area contributed by atoms with Crippen LogP contribution in [0.1, 0.15) is 17.3 Å². The fraction of sp³-hybridized carbons (Fsp3) is 0.158. The van der Waals surface area contributed by atoms with E-state index >= 15 is 0 Å². The molecule has 6 heteroatoms. The summed E-state index contributed by atoms with van der Waals surface area (Å²) in [6, 6.07) is 13.1. The van der Waals surface area contributed by atoms with Crippen molar-refractivity contribution in [3.8, 4) is 11.5 Å². The van der Waals surface area contributed by atoms with E-state index in [0.717, 1.165) is 0 Å². The number of anilines is 1. The van der Waals surface area contributed by atoms with E-state index < -0.39 is 11.5 Å². The highest BCUT2D eigenvalue weighted by Crippen LogP contribution is 2.24. The summed E-state index contributed by atoms with van der Waals surface area (Å²) >= 11 is 0. The number of hydrogen-bond donors (Lipinski definition) is 1. The molecule has 128 valence electrons. The molecule has 0 radical (unpaired) electrons. The number of rotatable bonds is 5. The van der Waals surface area contributed by atoms with Crippen molar-refractivity contribution < 1.29 is 18.7 Å². The normalized spacial score (nSPS) is 10.5. The van der Waals surface area contributed by atoms with Crippen LogP contribution in [-0.4, -0.2) is 19.6 Å². The lowest BCUT2D eigenvalue weighted by atomic mass is 10.1. The Morgan fingerprint density at radius 1 is 1.08 bits per heavy atom. The Morgan fingerprint density at radius 2 is 1.80 bits per heavy atom. The zero-order valence-electron chi connectivity index (χ0n) is 13.9. The predicted molar refractivity (Wildman–Crippen MR) is 94.6 cm³/mol. The van der Waals surface area contributed by atoms with Crippen LogP contribution >= 0.6 is 0 Å². The zero-order chi connectivity index (χ0) is 17.8. The van der Waals surface area contributed by atoms with Crippen LogP contribution in [0.15, 0.2) is 57.7 Å². The van der Waals surface area contributed by atoms with Crippen molar-refractivity contribution in [1.29, 1.82) is 0 Å². The van der Waals surface area contributed by atoms with Crippen LogP contribution < -0.4 is 20.4 Å². The van der Waals surface area contributed by atoms with Gasteiger partial charge in [-0.05, 0) is 43.3 Å². The molecule has 25 heavy (non-hydrogen) atoms. The maximum absolute atomic E-state index is 12.6. The van der Waals surface area contributed by atoms with E-state index in [-0.39, 0.29) is 5.56 Å². The Kier molecular flexibility index (Phi) is 4.70. The summed E-state index contributed by atoms with van der Waals surface area (Å²) in [4.78, 5) is 24.4. The molecule has 0 saturated heterocycles. The molecular formula is C19H17NO5. The first-order valence-electron chi connectivity index (χ1n) is 7.77. The van der Waals surface area contributed by atoms with Gasteiger partial charge < -0.3 is 19.2 Å². The van der Waals surface area contributed by atoms with Crippen molar-refractivity contribution in [3.05, 3.63) is 64.5 Å². The van der Waals surface area contributed by atoms with Crippen molar-refractivity contribution in [1.82, 2.24) is 0 Å². The lowest BCUT2D eigenvalue weighted by Gasteiger charge is -2.09. The molecule has 0 aliphatic heterocycles. The van der Waals surface area contributed by atoms with E-state index in [0.29, 0.717) is 34.8 Å². The largest absolute Gasteiger partial charge is 0.497 e. The summed E-state index contributed by atoms with van der Waals surface area (Å²) < 4.78 is 15.7. The van der Waals surface area contributed by atoms with Gasteiger partial charge in [-0.3, -0.25) is 4.79 Å². The smallest absolute Gasteiger partial charge is 0.337 e. The van der Waals surface area contributed by atoms with Gasteiger partial charge in [-0.2, -0.15) is 0 Å². The molecule has 3 rings (SSSR count). The first-order valence-corrected chi connectivity index (χ1v) is 7.77. The lowest BCUT2D eigenvalue weighted by Crippen LogP contribution is -2.15. The highest BCUT2D eigenvalue weighted by Gasteiger charge is 2.14. The number of benzene rings is 2. The number of methoxy groups -OCH3 is 1. The van der Waals surface area contributed by atoms with Crippen LogP contribution in [0.25, 0.3) is 11.0 Å². The summed E-state index contributed by atoms with van der Waals surface area (Å²) in [7, 11) is 1.57. The van der Waals surface area contributed by atoms with Crippen molar-refractivity contribution in [2.24, 2.45) is 0 Å². The van der Waals surface area contributed by atoms with Gasteiger partial charge >= 0.3 is 5.63 Å². The van der Waals surface area contributed by atoms with E-state index in [1.54, 1.807) is 49.6 Å². The van der Waals surface area contributed by atoms with Crippen LogP contribution in [-0.2, 0) is 0 Å². The number of carbonyl (C=O) groups is 1. The van der Waals surface area contributed by atoms with Gasteiger partial charge in [0.25, 0.3) is 5.91 Å². The Hall–Kier alpha value is -3.28. The van der Waals surface area contributed by atoms with Crippen LogP contribution in [0, 0.1) is 0 Å². The summed E-state index contributed by atoms with van der Waals surface area (Å²) in [5, 5.41) is 3.30. The Labute approximate surface area is 144 Å². The molecule has 0 saturated carbocycles. The van der Waals surface area contributed by atoms with E-state index in [4.69, 9.17) is 13.9 Å². The van der Waals surface area contributed by atoms with Gasteiger partial charge in [-0.25, -0.2) is 4.79 Å². The van der Waals surface area contributed by atoms with Gasteiger partial charge in [0.15, 0.2) is 0 Å². The first kappa shape index (κ1) is 16.6. The molecule has 0 bridgehead atoms. The van der Waals surface area contributed by atoms with Gasteiger partial charge in [0, 0.05) is 23.2 Å². The van der Waals surface area contributed by atoms with Crippen LogP contribution in [0.2, 0.25) is 0 Å². The molecule has 0 atom stereocenters. The topological polar surface area (TPSA) is 77.8 Å². The minimum absolute atomic E-state index is 0.241. The number of ether oxygens (including phenoxy) is 2. The maximum atomic E-state index is 12.6. The third-order valence-corrected chi connectivity index (χ3v) is 3.62. The third kappa shape index (κ3) is 3.63. The van der Waals surface area contributed by atoms with Gasteiger partial charge in [0.1, 0.15) is 17.1 Å². The fourth-order valence-electron chi connectivity index (χ4n) is 2.46. The summed E-state index contributed by atoms with van der Waals surface area (Å²) in [6.45, 7) is 2.35. The quantitative estimate of drug-likeness (QED) is 0.720. The molecule has 0 aliphatic carbocycles. The Morgan fingerprint density at radius 3 is 2.48 bits per heavy atom. The number of nitrogens with one attached hydrogen (secondary N) is 1. The third-order valence-electron chi connectivity index (χ3n) is 3.62. The van der Waals surface area contributed by atoms with Gasteiger partial charge in [0.2, 0.25) is 0 Å². The van der Waals surface area contributed by atoms with Crippen molar-refractivity contribution in [2.75, 3.05) is 19.0 Å². The molecule has 0 spiro atoms. The van der Waals surface area contributed by atoms with Gasteiger partial charge in [-0.15, -0.1) is 0 Å². The summed E-state index contributed by atoms with van der Waals surface area (Å²) in [5.41, 5.74) is 0.544.